The van der Waals surface area contributed by atoms with Crippen LogP contribution in [-0.4, -0.2) is 24.1 Å². The van der Waals surface area contributed by atoms with Crippen molar-refractivity contribution in [2.45, 2.75) is 18.8 Å². The van der Waals surface area contributed by atoms with Crippen LogP contribution in [0, 0.1) is 0 Å². The quantitative estimate of drug-likeness (QED) is 0.603. The summed E-state index contributed by atoms with van der Waals surface area (Å²) in [7, 11) is 3.03. The van der Waals surface area contributed by atoms with Gasteiger partial charge in [-0.1, -0.05) is 0 Å². The zero-order valence-electron chi connectivity index (χ0n) is 10.1. The topological polar surface area (TPSA) is 61.8 Å². The van der Waals surface area contributed by atoms with Crippen LogP contribution in [0.5, 0.6) is 0 Å². The van der Waals surface area contributed by atoms with Gasteiger partial charge in [0.25, 0.3) is 5.56 Å². The molecule has 0 saturated carbocycles. The van der Waals surface area contributed by atoms with Crippen LogP contribution in [0.1, 0.15) is 6.92 Å². The largest absolute Gasteiger partial charge is 0.332 e. The Kier molecular flexibility index (Phi) is 3.37. The fraction of sp³-hybridized carbons (Fsp3) is 0.500. The lowest BCUT2D eigenvalue weighted by molar-refractivity contribution is 0.672. The second kappa shape index (κ2) is 4.55. The summed E-state index contributed by atoms with van der Waals surface area (Å²) in [6.07, 6.45) is 0. The van der Waals surface area contributed by atoms with Crippen LogP contribution >= 0.6 is 27.5 Å². The van der Waals surface area contributed by atoms with Gasteiger partial charge in [-0.25, -0.2) is 9.78 Å². The van der Waals surface area contributed by atoms with E-state index in [-0.39, 0.29) is 10.9 Å². The number of hydrogen-bond donors (Lipinski definition) is 0. The SMILES string of the molecule is CC(Cl)Cn1c(Br)nc2c1c(=O)n(C)c(=O)n2C. The van der Waals surface area contributed by atoms with Gasteiger partial charge >= 0.3 is 5.69 Å². The normalized spacial score (nSPS) is 13.2. The Labute approximate surface area is 116 Å². The van der Waals surface area contributed by atoms with Gasteiger partial charge in [-0.15, -0.1) is 11.6 Å². The van der Waals surface area contributed by atoms with Crippen LogP contribution < -0.4 is 11.2 Å². The van der Waals surface area contributed by atoms with Gasteiger partial charge in [0, 0.05) is 26.0 Å². The molecule has 0 aliphatic carbocycles. The molecular formula is C10H12BrClN4O2. The summed E-state index contributed by atoms with van der Waals surface area (Å²) in [6.45, 7) is 2.26. The molecule has 0 aliphatic heterocycles. The maximum atomic E-state index is 12.1. The number of nitrogens with zero attached hydrogens (tertiary/aromatic N) is 4. The van der Waals surface area contributed by atoms with Gasteiger partial charge in [0.05, 0.1) is 0 Å². The number of aryl methyl sites for hydroxylation is 1. The van der Waals surface area contributed by atoms with E-state index in [2.05, 4.69) is 20.9 Å². The van der Waals surface area contributed by atoms with Crippen LogP contribution in [-0.2, 0) is 20.6 Å². The van der Waals surface area contributed by atoms with Gasteiger partial charge in [0.15, 0.2) is 15.9 Å². The van der Waals surface area contributed by atoms with Crippen molar-refractivity contribution in [3.05, 3.63) is 25.6 Å². The highest BCUT2D eigenvalue weighted by Gasteiger charge is 2.18. The molecule has 0 radical (unpaired) electrons. The number of imidazole rings is 1. The summed E-state index contributed by atoms with van der Waals surface area (Å²) >= 11 is 9.24. The molecule has 1 atom stereocenters. The first-order valence-corrected chi connectivity index (χ1v) is 6.53. The predicted octanol–water partition coefficient (Wildman–Crippen LogP) is 0.824. The summed E-state index contributed by atoms with van der Waals surface area (Å²) in [5.74, 6) is 0. The van der Waals surface area contributed by atoms with Crippen molar-refractivity contribution in [2.24, 2.45) is 14.1 Å². The fourth-order valence-electron chi connectivity index (χ4n) is 1.84. The van der Waals surface area contributed by atoms with E-state index < -0.39 is 5.69 Å². The number of aromatic nitrogens is 4. The molecule has 18 heavy (non-hydrogen) atoms. The van der Waals surface area contributed by atoms with E-state index in [4.69, 9.17) is 11.6 Å². The summed E-state index contributed by atoms with van der Waals surface area (Å²) in [5, 5.41) is -0.152. The molecule has 0 N–H and O–H groups in total. The molecule has 1 unspecified atom stereocenters. The third-order valence-corrected chi connectivity index (χ3v) is 3.48. The molecule has 6 nitrogen and oxygen atoms in total. The van der Waals surface area contributed by atoms with Crippen molar-refractivity contribution in [1.29, 1.82) is 0 Å². The molecule has 2 heterocycles. The molecule has 0 bridgehead atoms. The molecule has 0 spiro atoms. The Hall–Kier alpha value is -1.08. The average molecular weight is 336 g/mol. The first-order chi connectivity index (χ1) is 8.34. The highest BCUT2D eigenvalue weighted by atomic mass is 79.9. The number of rotatable bonds is 2. The van der Waals surface area contributed by atoms with Gasteiger partial charge < -0.3 is 4.57 Å². The highest BCUT2D eigenvalue weighted by molar-refractivity contribution is 9.10. The fourth-order valence-corrected chi connectivity index (χ4v) is 2.47. The van der Waals surface area contributed by atoms with Crippen molar-refractivity contribution in [2.75, 3.05) is 0 Å². The first-order valence-electron chi connectivity index (χ1n) is 5.30. The van der Waals surface area contributed by atoms with E-state index in [1.54, 1.807) is 11.6 Å². The molecule has 0 aliphatic rings. The smallest absolute Gasteiger partial charge is 0.311 e. The highest BCUT2D eigenvalue weighted by Crippen LogP contribution is 2.17. The Morgan fingerprint density at radius 1 is 1.33 bits per heavy atom. The lowest BCUT2D eigenvalue weighted by Crippen LogP contribution is -2.37. The minimum atomic E-state index is -0.399. The third-order valence-electron chi connectivity index (χ3n) is 2.74. The molecule has 2 rings (SSSR count). The van der Waals surface area contributed by atoms with E-state index >= 15 is 0 Å². The Balaban J connectivity index is 2.95. The number of fused-ring (bicyclic) bond motifs is 1. The Morgan fingerprint density at radius 3 is 2.50 bits per heavy atom. The van der Waals surface area contributed by atoms with Crippen molar-refractivity contribution in [3.8, 4) is 0 Å². The second-order valence-corrected chi connectivity index (χ2v) is 5.60. The van der Waals surface area contributed by atoms with Crippen LogP contribution in [0.15, 0.2) is 14.3 Å². The van der Waals surface area contributed by atoms with E-state index in [1.165, 1.54) is 11.6 Å². The molecule has 98 valence electrons. The molecule has 2 aromatic rings. The molecule has 0 fully saturated rings. The van der Waals surface area contributed by atoms with Gasteiger partial charge in [-0.3, -0.25) is 13.9 Å². The first kappa shape index (κ1) is 13.4. The number of alkyl halides is 1. The number of hydrogen-bond acceptors (Lipinski definition) is 3. The zero-order valence-corrected chi connectivity index (χ0v) is 12.5. The van der Waals surface area contributed by atoms with Gasteiger partial charge in [-0.2, -0.15) is 0 Å². The standard InChI is InChI=1S/C10H12BrClN4O2/c1-5(12)4-16-6-7(13-9(16)11)14(2)10(18)15(3)8(6)17/h5H,4H2,1-3H3. The van der Waals surface area contributed by atoms with Crippen LogP contribution in [0.2, 0.25) is 0 Å². The second-order valence-electron chi connectivity index (χ2n) is 4.15. The van der Waals surface area contributed by atoms with Gasteiger partial charge in [0.2, 0.25) is 0 Å². The van der Waals surface area contributed by atoms with Gasteiger partial charge in [-0.05, 0) is 22.9 Å². The van der Waals surface area contributed by atoms with Crippen molar-refractivity contribution in [1.82, 2.24) is 18.7 Å². The van der Waals surface area contributed by atoms with Crippen LogP contribution in [0.3, 0.4) is 0 Å². The minimum Gasteiger partial charge on any atom is -0.311 e. The Bertz CT molecular complexity index is 728. The van der Waals surface area contributed by atoms with Crippen LogP contribution in [0.25, 0.3) is 11.2 Å². The maximum Gasteiger partial charge on any atom is 0.332 e. The van der Waals surface area contributed by atoms with Gasteiger partial charge in [0.1, 0.15) is 0 Å². The third kappa shape index (κ3) is 1.91. The molecule has 0 aromatic carbocycles. The predicted molar refractivity (Wildman–Crippen MR) is 73.2 cm³/mol. The molecule has 0 amide bonds. The van der Waals surface area contributed by atoms with Crippen molar-refractivity contribution in [3.63, 3.8) is 0 Å². The summed E-state index contributed by atoms with van der Waals surface area (Å²) in [4.78, 5) is 28.1. The monoisotopic (exact) mass is 334 g/mol. The number of halogens is 2. The average Bonchev–Trinajstić information content (AvgIpc) is 2.61. The van der Waals surface area contributed by atoms with E-state index in [1.807, 2.05) is 6.92 Å². The Morgan fingerprint density at radius 2 is 1.94 bits per heavy atom. The lowest BCUT2D eigenvalue weighted by atomic mass is 10.4. The van der Waals surface area contributed by atoms with E-state index in [0.717, 1.165) is 4.57 Å². The lowest BCUT2D eigenvalue weighted by Gasteiger charge is -2.08. The summed E-state index contributed by atoms with van der Waals surface area (Å²) in [6, 6.07) is 0. The summed E-state index contributed by atoms with van der Waals surface area (Å²) in [5.41, 5.74) is -0.0431. The van der Waals surface area contributed by atoms with Crippen molar-refractivity contribution < 1.29 is 0 Å². The zero-order chi connectivity index (χ0) is 13.6. The van der Waals surface area contributed by atoms with Crippen molar-refractivity contribution >= 4 is 38.7 Å². The van der Waals surface area contributed by atoms with E-state index in [0.29, 0.717) is 22.4 Å². The molecule has 0 saturated heterocycles. The van der Waals surface area contributed by atoms with E-state index in [9.17, 15) is 9.59 Å². The minimum absolute atomic E-state index is 0.152. The molecule has 2 aromatic heterocycles. The summed E-state index contributed by atoms with van der Waals surface area (Å²) < 4.78 is 4.57. The maximum absolute atomic E-state index is 12.1. The van der Waals surface area contributed by atoms with Crippen LogP contribution in [0.4, 0.5) is 0 Å². The molecule has 8 heteroatoms. The molecular weight excluding hydrogens is 323 g/mol.